The predicted molar refractivity (Wildman–Crippen MR) is 95.8 cm³/mol. The van der Waals surface area contributed by atoms with E-state index >= 15 is 0 Å². The molecule has 0 saturated carbocycles. The van der Waals surface area contributed by atoms with Crippen LogP contribution < -0.4 is 5.32 Å². The Hall–Kier alpha value is -0.610. The molecule has 1 aliphatic heterocycles. The molecule has 0 bridgehead atoms. The highest BCUT2D eigenvalue weighted by molar-refractivity contribution is 5.85. The summed E-state index contributed by atoms with van der Waals surface area (Å²) in [6, 6.07) is 9.25. The summed E-state index contributed by atoms with van der Waals surface area (Å²) < 4.78 is 0. The van der Waals surface area contributed by atoms with Crippen LogP contribution >= 0.6 is 12.4 Å². The van der Waals surface area contributed by atoms with Gasteiger partial charge < -0.3 is 10.4 Å². The molecule has 126 valence electrons. The third kappa shape index (κ3) is 4.45. The summed E-state index contributed by atoms with van der Waals surface area (Å²) in [5.74, 6) is 0.558. The van der Waals surface area contributed by atoms with Crippen molar-refractivity contribution in [1.82, 2.24) is 10.2 Å². The molecular weight excluding hydrogens is 296 g/mol. The largest absolute Gasteiger partial charge is 0.396 e. The Morgan fingerprint density at radius 1 is 1.09 bits per heavy atom. The van der Waals surface area contributed by atoms with E-state index in [0.717, 1.165) is 26.2 Å². The van der Waals surface area contributed by atoms with Gasteiger partial charge in [0.2, 0.25) is 0 Å². The van der Waals surface area contributed by atoms with E-state index in [0.29, 0.717) is 5.92 Å². The Morgan fingerprint density at radius 2 is 1.59 bits per heavy atom. The molecule has 1 aromatic carbocycles. The number of nitrogens with zero attached hydrogens (tertiary/aromatic N) is 1. The van der Waals surface area contributed by atoms with Crippen LogP contribution in [0.15, 0.2) is 24.3 Å². The van der Waals surface area contributed by atoms with E-state index in [-0.39, 0.29) is 30.5 Å². The fourth-order valence-corrected chi connectivity index (χ4v) is 3.25. The molecule has 0 spiro atoms. The summed E-state index contributed by atoms with van der Waals surface area (Å²) in [5.41, 5.74) is 2.55. The summed E-state index contributed by atoms with van der Waals surface area (Å²) in [7, 11) is 0. The third-order valence-corrected chi connectivity index (χ3v) is 4.58. The minimum atomic E-state index is -0.142. The van der Waals surface area contributed by atoms with Gasteiger partial charge in [-0.25, -0.2) is 0 Å². The summed E-state index contributed by atoms with van der Waals surface area (Å²) >= 11 is 0. The van der Waals surface area contributed by atoms with Crippen LogP contribution in [0.3, 0.4) is 0 Å². The molecule has 1 fully saturated rings. The highest BCUT2D eigenvalue weighted by Crippen LogP contribution is 2.38. The van der Waals surface area contributed by atoms with Crippen LogP contribution in [-0.4, -0.2) is 42.8 Å². The minimum absolute atomic E-state index is 0. The predicted octanol–water partition coefficient (Wildman–Crippen LogP) is 3.20. The quantitative estimate of drug-likeness (QED) is 0.872. The van der Waals surface area contributed by atoms with Crippen molar-refractivity contribution < 1.29 is 5.11 Å². The second-order valence-electron chi connectivity index (χ2n) is 7.16. The second kappa shape index (κ2) is 8.30. The van der Waals surface area contributed by atoms with Crippen LogP contribution in [-0.2, 0) is 0 Å². The van der Waals surface area contributed by atoms with Gasteiger partial charge in [-0.05, 0) is 17.0 Å². The van der Waals surface area contributed by atoms with Crippen molar-refractivity contribution in [3.8, 4) is 0 Å². The lowest BCUT2D eigenvalue weighted by Gasteiger charge is -2.43. The third-order valence-electron chi connectivity index (χ3n) is 4.58. The van der Waals surface area contributed by atoms with Crippen molar-refractivity contribution in [3.63, 3.8) is 0 Å². The Bertz CT molecular complexity index is 439. The van der Waals surface area contributed by atoms with E-state index in [1.807, 2.05) is 0 Å². The monoisotopic (exact) mass is 326 g/mol. The van der Waals surface area contributed by atoms with E-state index in [1.54, 1.807) is 0 Å². The van der Waals surface area contributed by atoms with Crippen molar-refractivity contribution in [2.75, 3.05) is 32.8 Å². The van der Waals surface area contributed by atoms with Gasteiger partial charge in [-0.3, -0.25) is 4.90 Å². The van der Waals surface area contributed by atoms with Gasteiger partial charge in [-0.1, -0.05) is 52.0 Å². The minimum Gasteiger partial charge on any atom is -0.396 e. The van der Waals surface area contributed by atoms with Gasteiger partial charge in [0, 0.05) is 44.2 Å². The van der Waals surface area contributed by atoms with Crippen molar-refractivity contribution in [1.29, 1.82) is 0 Å². The summed E-state index contributed by atoms with van der Waals surface area (Å²) in [4.78, 5) is 2.51. The topological polar surface area (TPSA) is 35.5 Å². The molecule has 0 aromatic heterocycles. The van der Waals surface area contributed by atoms with Crippen LogP contribution in [0.25, 0.3) is 0 Å². The zero-order valence-electron chi connectivity index (χ0n) is 14.3. The first-order valence-electron chi connectivity index (χ1n) is 8.11. The van der Waals surface area contributed by atoms with Gasteiger partial charge in [-0.15, -0.1) is 12.4 Å². The van der Waals surface area contributed by atoms with Crippen molar-refractivity contribution >= 4 is 12.4 Å². The number of piperazine rings is 1. The number of hydrogen-bond donors (Lipinski definition) is 2. The fraction of sp³-hybridized carbons (Fsp3) is 0.667. The Kier molecular flexibility index (Phi) is 7.33. The number of rotatable bonds is 5. The molecule has 2 rings (SSSR count). The molecule has 22 heavy (non-hydrogen) atoms. The molecule has 3 nitrogen and oxygen atoms in total. The molecule has 1 heterocycles. The Morgan fingerprint density at radius 3 is 2.05 bits per heavy atom. The lowest BCUT2D eigenvalue weighted by molar-refractivity contribution is 0.0305. The summed E-state index contributed by atoms with van der Waals surface area (Å²) in [6.07, 6.45) is 0. The maximum absolute atomic E-state index is 9.86. The van der Waals surface area contributed by atoms with Crippen LogP contribution in [0.5, 0.6) is 0 Å². The molecule has 1 aliphatic rings. The smallest absolute Gasteiger partial charge is 0.0500 e. The van der Waals surface area contributed by atoms with E-state index in [2.05, 4.69) is 62.2 Å². The highest BCUT2D eigenvalue weighted by Gasteiger charge is 2.35. The second-order valence-corrected chi connectivity index (χ2v) is 7.16. The van der Waals surface area contributed by atoms with E-state index in [1.165, 1.54) is 11.1 Å². The van der Waals surface area contributed by atoms with Crippen LogP contribution in [0.1, 0.15) is 50.8 Å². The maximum atomic E-state index is 9.86. The first-order valence-corrected chi connectivity index (χ1v) is 8.11. The molecular formula is C18H31ClN2O. The Labute approximate surface area is 141 Å². The molecule has 0 aliphatic carbocycles. The van der Waals surface area contributed by atoms with Crippen LogP contribution in [0.4, 0.5) is 0 Å². The van der Waals surface area contributed by atoms with Gasteiger partial charge in [0.15, 0.2) is 0 Å². The number of nitrogens with one attached hydrogen (secondary N) is 1. The summed E-state index contributed by atoms with van der Waals surface area (Å²) in [5, 5.41) is 13.3. The van der Waals surface area contributed by atoms with Gasteiger partial charge in [0.1, 0.15) is 0 Å². The zero-order valence-corrected chi connectivity index (χ0v) is 15.1. The molecule has 4 heteroatoms. The van der Waals surface area contributed by atoms with Gasteiger partial charge in [0.05, 0.1) is 0 Å². The van der Waals surface area contributed by atoms with Gasteiger partial charge >= 0.3 is 0 Å². The zero-order chi connectivity index (χ0) is 15.5. The highest BCUT2D eigenvalue weighted by atomic mass is 35.5. The molecule has 1 aromatic rings. The fourth-order valence-electron chi connectivity index (χ4n) is 3.25. The lowest BCUT2D eigenvalue weighted by Crippen LogP contribution is -2.49. The number of halogens is 1. The maximum Gasteiger partial charge on any atom is 0.0500 e. The summed E-state index contributed by atoms with van der Waals surface area (Å²) in [6.45, 7) is 13.1. The lowest BCUT2D eigenvalue weighted by atomic mass is 9.79. The van der Waals surface area contributed by atoms with E-state index in [4.69, 9.17) is 0 Å². The normalized spacial score (nSPS) is 18.1. The average Bonchev–Trinajstić information content (AvgIpc) is 2.49. The van der Waals surface area contributed by atoms with Crippen molar-refractivity contribution in [2.24, 2.45) is 5.41 Å². The van der Waals surface area contributed by atoms with Crippen molar-refractivity contribution in [3.05, 3.63) is 35.4 Å². The Balaban J connectivity index is 0.00000242. The molecule has 2 N–H and O–H groups in total. The molecule has 1 saturated heterocycles. The van der Waals surface area contributed by atoms with Crippen molar-refractivity contribution in [2.45, 2.75) is 39.7 Å². The van der Waals surface area contributed by atoms with E-state index < -0.39 is 0 Å². The van der Waals surface area contributed by atoms with Crippen LogP contribution in [0.2, 0.25) is 0 Å². The SMILES string of the molecule is CC(C)c1ccc([C@H](N2CCNCC2)C(C)(C)CO)cc1.Cl. The molecule has 1 atom stereocenters. The standard InChI is InChI=1S/C18H30N2O.ClH/c1-14(2)15-5-7-16(8-6-15)17(18(3,4)13-21)20-11-9-19-10-12-20;/h5-8,14,17,19,21H,9-13H2,1-4H3;1H/t17-;/m0./s1. The molecule has 0 unspecified atom stereocenters. The average molecular weight is 327 g/mol. The number of hydrogen-bond acceptors (Lipinski definition) is 3. The first kappa shape index (κ1) is 19.4. The van der Waals surface area contributed by atoms with Crippen LogP contribution in [0, 0.1) is 5.41 Å². The van der Waals surface area contributed by atoms with Gasteiger partial charge in [0.25, 0.3) is 0 Å². The van der Waals surface area contributed by atoms with E-state index in [9.17, 15) is 5.11 Å². The number of aliphatic hydroxyl groups excluding tert-OH is 1. The molecule has 0 amide bonds. The number of benzene rings is 1. The first-order chi connectivity index (χ1) is 9.95. The number of aliphatic hydroxyl groups is 1. The van der Waals surface area contributed by atoms with Gasteiger partial charge in [-0.2, -0.15) is 0 Å². The molecule has 0 radical (unpaired) electrons.